The van der Waals surface area contributed by atoms with E-state index in [4.69, 9.17) is 9.47 Å². The highest BCUT2D eigenvalue weighted by atomic mass is 16.5. The van der Waals surface area contributed by atoms with Crippen LogP contribution in [0.5, 0.6) is 11.5 Å². The molecule has 0 saturated carbocycles. The smallest absolute Gasteiger partial charge is 0.254 e. The van der Waals surface area contributed by atoms with Crippen LogP contribution in [0.3, 0.4) is 0 Å². The fourth-order valence-corrected chi connectivity index (χ4v) is 2.99. The number of rotatable bonds is 4. The number of carbonyl (C=O) groups is 1. The number of nitrogens with zero attached hydrogens (tertiary/aromatic N) is 2. The summed E-state index contributed by atoms with van der Waals surface area (Å²) in [6, 6.07) is 11.1. The third-order valence-corrected chi connectivity index (χ3v) is 4.14. The SMILES string of the molecule is COc1cc(OC)cc(C(=O)N2CCCC2c2ccccn2)c1. The van der Waals surface area contributed by atoms with E-state index < -0.39 is 0 Å². The molecule has 23 heavy (non-hydrogen) atoms. The summed E-state index contributed by atoms with van der Waals surface area (Å²) in [6.07, 6.45) is 3.68. The Bertz CT molecular complexity index is 666. The summed E-state index contributed by atoms with van der Waals surface area (Å²) in [5.41, 5.74) is 1.51. The van der Waals surface area contributed by atoms with Gasteiger partial charge in [-0.05, 0) is 37.1 Å². The van der Waals surface area contributed by atoms with Gasteiger partial charge in [0.1, 0.15) is 11.5 Å². The Kier molecular flexibility index (Phi) is 4.46. The quantitative estimate of drug-likeness (QED) is 0.870. The fraction of sp³-hybridized carbons (Fsp3) is 0.333. The molecule has 1 aliphatic heterocycles. The molecule has 2 heterocycles. The zero-order valence-corrected chi connectivity index (χ0v) is 13.4. The predicted molar refractivity (Wildman–Crippen MR) is 86.8 cm³/mol. The van der Waals surface area contributed by atoms with E-state index in [-0.39, 0.29) is 11.9 Å². The predicted octanol–water partition coefficient (Wildman–Crippen LogP) is 3.08. The standard InChI is InChI=1S/C18H20N2O3/c1-22-14-10-13(11-15(12-14)23-2)18(21)20-9-5-7-17(20)16-6-3-4-8-19-16/h3-4,6,8,10-12,17H,5,7,9H2,1-2H3. The Hall–Kier alpha value is -2.56. The molecular weight excluding hydrogens is 292 g/mol. The Balaban J connectivity index is 1.90. The minimum absolute atomic E-state index is 0.0182. The molecule has 1 amide bonds. The molecule has 1 aromatic carbocycles. The van der Waals surface area contributed by atoms with Crippen LogP contribution in [0.1, 0.15) is 34.9 Å². The molecule has 0 aliphatic carbocycles. The van der Waals surface area contributed by atoms with Crippen molar-refractivity contribution in [2.75, 3.05) is 20.8 Å². The lowest BCUT2D eigenvalue weighted by atomic mass is 10.1. The average Bonchev–Trinajstić information content (AvgIpc) is 3.11. The molecule has 1 aliphatic rings. The van der Waals surface area contributed by atoms with Gasteiger partial charge in [0.25, 0.3) is 5.91 Å². The Labute approximate surface area is 135 Å². The molecule has 3 rings (SSSR count). The summed E-state index contributed by atoms with van der Waals surface area (Å²) in [4.78, 5) is 19.3. The van der Waals surface area contributed by atoms with Crippen molar-refractivity contribution >= 4 is 5.91 Å². The third-order valence-electron chi connectivity index (χ3n) is 4.14. The van der Waals surface area contributed by atoms with Gasteiger partial charge in [-0.3, -0.25) is 9.78 Å². The number of benzene rings is 1. The summed E-state index contributed by atoms with van der Waals surface area (Å²) < 4.78 is 10.5. The van der Waals surface area contributed by atoms with Crippen molar-refractivity contribution in [3.63, 3.8) is 0 Å². The van der Waals surface area contributed by atoms with E-state index in [1.165, 1.54) is 0 Å². The van der Waals surface area contributed by atoms with Crippen LogP contribution in [0.2, 0.25) is 0 Å². The van der Waals surface area contributed by atoms with Crippen LogP contribution in [0.4, 0.5) is 0 Å². The van der Waals surface area contributed by atoms with Gasteiger partial charge in [0.05, 0.1) is 26.0 Å². The molecule has 0 radical (unpaired) electrons. The van der Waals surface area contributed by atoms with E-state index >= 15 is 0 Å². The van der Waals surface area contributed by atoms with Crippen molar-refractivity contribution in [3.8, 4) is 11.5 Å². The highest BCUT2D eigenvalue weighted by Crippen LogP contribution is 2.33. The highest BCUT2D eigenvalue weighted by Gasteiger charge is 2.31. The van der Waals surface area contributed by atoms with E-state index in [1.807, 2.05) is 23.1 Å². The number of likely N-dealkylation sites (tertiary alicyclic amines) is 1. The first-order chi connectivity index (χ1) is 11.2. The molecule has 120 valence electrons. The molecule has 1 fully saturated rings. The molecule has 0 spiro atoms. The maximum Gasteiger partial charge on any atom is 0.254 e. The molecule has 5 heteroatoms. The lowest BCUT2D eigenvalue weighted by Gasteiger charge is -2.24. The Morgan fingerprint density at radius 2 is 1.91 bits per heavy atom. The summed E-state index contributed by atoms with van der Waals surface area (Å²) in [5, 5.41) is 0. The molecule has 2 aromatic rings. The van der Waals surface area contributed by atoms with Crippen LogP contribution in [-0.4, -0.2) is 36.6 Å². The van der Waals surface area contributed by atoms with E-state index in [0.29, 0.717) is 17.1 Å². The summed E-state index contributed by atoms with van der Waals surface area (Å²) in [6.45, 7) is 0.736. The van der Waals surface area contributed by atoms with Crippen LogP contribution in [-0.2, 0) is 0 Å². The maximum atomic E-state index is 13.0. The monoisotopic (exact) mass is 312 g/mol. The van der Waals surface area contributed by atoms with Crippen LogP contribution < -0.4 is 9.47 Å². The van der Waals surface area contributed by atoms with Gasteiger partial charge in [-0.25, -0.2) is 0 Å². The van der Waals surface area contributed by atoms with Gasteiger partial charge in [-0.1, -0.05) is 6.07 Å². The largest absolute Gasteiger partial charge is 0.497 e. The lowest BCUT2D eigenvalue weighted by molar-refractivity contribution is 0.0732. The molecule has 1 atom stereocenters. The van der Waals surface area contributed by atoms with E-state index in [0.717, 1.165) is 25.1 Å². The Morgan fingerprint density at radius 1 is 1.17 bits per heavy atom. The Morgan fingerprint density at radius 3 is 2.52 bits per heavy atom. The number of carbonyl (C=O) groups excluding carboxylic acids is 1. The van der Waals surface area contributed by atoms with Gasteiger partial charge in [0.2, 0.25) is 0 Å². The van der Waals surface area contributed by atoms with E-state index in [1.54, 1.807) is 38.6 Å². The second-order valence-electron chi connectivity index (χ2n) is 5.51. The topological polar surface area (TPSA) is 51.7 Å². The van der Waals surface area contributed by atoms with Crippen LogP contribution >= 0.6 is 0 Å². The van der Waals surface area contributed by atoms with Crippen molar-refractivity contribution in [3.05, 3.63) is 53.9 Å². The number of methoxy groups -OCH3 is 2. The first-order valence-corrected chi connectivity index (χ1v) is 7.68. The normalized spacial score (nSPS) is 17.1. The molecule has 0 N–H and O–H groups in total. The molecule has 1 unspecified atom stereocenters. The minimum atomic E-state index is -0.0182. The van der Waals surface area contributed by atoms with Gasteiger partial charge in [-0.15, -0.1) is 0 Å². The molecular formula is C18H20N2O3. The van der Waals surface area contributed by atoms with E-state index in [9.17, 15) is 4.79 Å². The van der Waals surface area contributed by atoms with Crippen molar-refractivity contribution in [2.45, 2.75) is 18.9 Å². The first-order valence-electron chi connectivity index (χ1n) is 7.68. The van der Waals surface area contributed by atoms with Crippen molar-refractivity contribution in [2.24, 2.45) is 0 Å². The summed E-state index contributed by atoms with van der Waals surface area (Å²) in [5.74, 6) is 1.21. The highest BCUT2D eigenvalue weighted by molar-refractivity contribution is 5.95. The van der Waals surface area contributed by atoms with Crippen molar-refractivity contribution < 1.29 is 14.3 Å². The second kappa shape index (κ2) is 6.69. The maximum absolute atomic E-state index is 13.0. The zero-order valence-electron chi connectivity index (χ0n) is 13.4. The molecule has 0 bridgehead atoms. The number of aromatic nitrogens is 1. The van der Waals surface area contributed by atoms with Gasteiger partial charge in [0.15, 0.2) is 0 Å². The summed E-state index contributed by atoms with van der Waals surface area (Å²) in [7, 11) is 3.16. The number of pyridine rings is 1. The van der Waals surface area contributed by atoms with E-state index in [2.05, 4.69) is 4.98 Å². The van der Waals surface area contributed by atoms with Gasteiger partial charge < -0.3 is 14.4 Å². The third kappa shape index (κ3) is 3.13. The lowest BCUT2D eigenvalue weighted by Crippen LogP contribution is -2.31. The van der Waals surface area contributed by atoms with Crippen LogP contribution in [0.15, 0.2) is 42.6 Å². The molecule has 1 saturated heterocycles. The number of ether oxygens (including phenoxy) is 2. The zero-order chi connectivity index (χ0) is 16.2. The molecule has 5 nitrogen and oxygen atoms in total. The number of amides is 1. The second-order valence-corrected chi connectivity index (χ2v) is 5.51. The van der Waals surface area contributed by atoms with Gasteiger partial charge in [0, 0.05) is 24.4 Å². The van der Waals surface area contributed by atoms with Crippen LogP contribution in [0, 0.1) is 0 Å². The summed E-state index contributed by atoms with van der Waals surface area (Å²) >= 11 is 0. The van der Waals surface area contributed by atoms with Crippen molar-refractivity contribution in [1.29, 1.82) is 0 Å². The van der Waals surface area contributed by atoms with Crippen LogP contribution in [0.25, 0.3) is 0 Å². The van der Waals surface area contributed by atoms with Gasteiger partial charge >= 0.3 is 0 Å². The average molecular weight is 312 g/mol. The number of hydrogen-bond donors (Lipinski definition) is 0. The van der Waals surface area contributed by atoms with Gasteiger partial charge in [-0.2, -0.15) is 0 Å². The van der Waals surface area contributed by atoms with Crippen molar-refractivity contribution in [1.82, 2.24) is 9.88 Å². The fourth-order valence-electron chi connectivity index (χ4n) is 2.99. The first kappa shape index (κ1) is 15.3. The number of hydrogen-bond acceptors (Lipinski definition) is 4. The minimum Gasteiger partial charge on any atom is -0.497 e. The molecule has 1 aromatic heterocycles.